The van der Waals surface area contributed by atoms with E-state index in [0.29, 0.717) is 0 Å². The molecule has 4 nitrogen and oxygen atoms in total. The SMILES string of the molecule is CC(Nc1ccc(-n2cncn2)cc1)c1csc(Cl)c1. The van der Waals surface area contributed by atoms with Crippen molar-refractivity contribution in [2.24, 2.45) is 0 Å². The Bertz CT molecular complexity index is 676. The molecule has 1 atom stereocenters. The highest BCUT2D eigenvalue weighted by molar-refractivity contribution is 7.14. The van der Waals surface area contributed by atoms with Gasteiger partial charge in [-0.05, 0) is 48.2 Å². The van der Waals surface area contributed by atoms with Crippen LogP contribution in [0.3, 0.4) is 0 Å². The first-order valence-corrected chi connectivity index (χ1v) is 7.43. The van der Waals surface area contributed by atoms with Crippen molar-refractivity contribution in [3.63, 3.8) is 0 Å². The van der Waals surface area contributed by atoms with Crippen molar-refractivity contribution in [1.82, 2.24) is 14.8 Å². The zero-order valence-electron chi connectivity index (χ0n) is 10.8. The predicted molar refractivity (Wildman–Crippen MR) is 82.7 cm³/mol. The fraction of sp³-hybridized carbons (Fsp3) is 0.143. The second-order valence-corrected chi connectivity index (χ2v) is 5.98. The van der Waals surface area contributed by atoms with Crippen LogP contribution in [-0.4, -0.2) is 14.8 Å². The van der Waals surface area contributed by atoms with E-state index in [9.17, 15) is 0 Å². The van der Waals surface area contributed by atoms with Gasteiger partial charge in [-0.1, -0.05) is 11.6 Å². The van der Waals surface area contributed by atoms with E-state index in [1.807, 2.05) is 30.3 Å². The van der Waals surface area contributed by atoms with Crippen molar-refractivity contribution in [3.8, 4) is 5.69 Å². The maximum Gasteiger partial charge on any atom is 0.138 e. The van der Waals surface area contributed by atoms with Gasteiger partial charge in [-0.3, -0.25) is 0 Å². The molecule has 0 aliphatic carbocycles. The van der Waals surface area contributed by atoms with Crippen LogP contribution < -0.4 is 5.32 Å². The summed E-state index contributed by atoms with van der Waals surface area (Å²) in [6.07, 6.45) is 3.20. The average Bonchev–Trinajstić information content (AvgIpc) is 3.10. The Balaban J connectivity index is 1.72. The normalized spacial score (nSPS) is 12.3. The number of halogens is 1. The number of hydrogen-bond acceptors (Lipinski definition) is 4. The van der Waals surface area contributed by atoms with Crippen LogP contribution >= 0.6 is 22.9 Å². The summed E-state index contributed by atoms with van der Waals surface area (Å²) in [6, 6.07) is 10.3. The molecule has 1 N–H and O–H groups in total. The minimum Gasteiger partial charge on any atom is -0.378 e. The van der Waals surface area contributed by atoms with Gasteiger partial charge in [-0.15, -0.1) is 11.3 Å². The van der Waals surface area contributed by atoms with Crippen LogP contribution in [0.25, 0.3) is 5.69 Å². The Morgan fingerprint density at radius 1 is 1.30 bits per heavy atom. The quantitative estimate of drug-likeness (QED) is 0.787. The van der Waals surface area contributed by atoms with E-state index in [-0.39, 0.29) is 6.04 Å². The zero-order valence-corrected chi connectivity index (χ0v) is 12.4. The van der Waals surface area contributed by atoms with Crippen LogP contribution in [0.1, 0.15) is 18.5 Å². The first-order valence-electron chi connectivity index (χ1n) is 6.18. The highest BCUT2D eigenvalue weighted by Crippen LogP contribution is 2.27. The van der Waals surface area contributed by atoms with E-state index in [0.717, 1.165) is 15.7 Å². The minimum atomic E-state index is 0.218. The summed E-state index contributed by atoms with van der Waals surface area (Å²) in [6.45, 7) is 2.11. The summed E-state index contributed by atoms with van der Waals surface area (Å²) < 4.78 is 2.54. The summed E-state index contributed by atoms with van der Waals surface area (Å²) in [5, 5.41) is 9.62. The molecule has 0 amide bonds. The molecule has 1 aromatic carbocycles. The second-order valence-electron chi connectivity index (χ2n) is 4.44. The van der Waals surface area contributed by atoms with Crippen molar-refractivity contribution >= 4 is 28.6 Å². The van der Waals surface area contributed by atoms with Gasteiger partial charge in [-0.2, -0.15) is 5.10 Å². The van der Waals surface area contributed by atoms with E-state index < -0.39 is 0 Å². The number of nitrogens with zero attached hydrogens (tertiary/aromatic N) is 3. The smallest absolute Gasteiger partial charge is 0.138 e. The number of benzene rings is 1. The molecule has 2 aromatic heterocycles. The predicted octanol–water partition coefficient (Wildman–Crippen LogP) is 4.16. The molecule has 0 saturated heterocycles. The van der Waals surface area contributed by atoms with Gasteiger partial charge < -0.3 is 5.32 Å². The summed E-state index contributed by atoms with van der Waals surface area (Å²) in [5.41, 5.74) is 3.24. The molecule has 0 spiro atoms. The Morgan fingerprint density at radius 2 is 2.10 bits per heavy atom. The molecule has 0 saturated carbocycles. The van der Waals surface area contributed by atoms with E-state index in [1.54, 1.807) is 22.3 Å². The number of aromatic nitrogens is 3. The van der Waals surface area contributed by atoms with Crippen LogP contribution in [0.5, 0.6) is 0 Å². The molecule has 20 heavy (non-hydrogen) atoms. The van der Waals surface area contributed by atoms with Gasteiger partial charge in [0.2, 0.25) is 0 Å². The molecule has 102 valence electrons. The molecule has 2 heterocycles. The van der Waals surface area contributed by atoms with Gasteiger partial charge in [0, 0.05) is 11.7 Å². The lowest BCUT2D eigenvalue weighted by Gasteiger charge is -2.14. The fourth-order valence-electron chi connectivity index (χ4n) is 1.94. The van der Waals surface area contributed by atoms with Crippen LogP contribution in [-0.2, 0) is 0 Å². The highest BCUT2D eigenvalue weighted by Gasteiger charge is 2.07. The average molecular weight is 305 g/mol. The van der Waals surface area contributed by atoms with Gasteiger partial charge in [0.15, 0.2) is 0 Å². The number of nitrogens with one attached hydrogen (secondary N) is 1. The molecular weight excluding hydrogens is 292 g/mol. The monoisotopic (exact) mass is 304 g/mol. The standard InChI is InChI=1S/C14H13ClN4S/c1-10(11-6-14(15)20-7-11)18-12-2-4-13(5-3-12)19-9-16-8-17-19/h2-10,18H,1H3. The number of anilines is 1. The lowest BCUT2D eigenvalue weighted by atomic mass is 10.1. The summed E-state index contributed by atoms with van der Waals surface area (Å²) >= 11 is 7.51. The van der Waals surface area contributed by atoms with Crippen molar-refractivity contribution in [1.29, 1.82) is 0 Å². The van der Waals surface area contributed by atoms with Crippen molar-refractivity contribution < 1.29 is 0 Å². The molecule has 0 bridgehead atoms. The third-order valence-electron chi connectivity index (χ3n) is 3.02. The summed E-state index contributed by atoms with van der Waals surface area (Å²) in [7, 11) is 0. The van der Waals surface area contributed by atoms with Gasteiger partial charge in [0.25, 0.3) is 0 Å². The molecule has 6 heteroatoms. The van der Waals surface area contributed by atoms with Crippen molar-refractivity contribution in [2.75, 3.05) is 5.32 Å². The first kappa shape index (κ1) is 13.1. The van der Waals surface area contributed by atoms with Crippen LogP contribution in [0.4, 0.5) is 5.69 Å². The number of rotatable bonds is 4. The first-order chi connectivity index (χ1) is 9.72. The Morgan fingerprint density at radius 3 is 2.70 bits per heavy atom. The van der Waals surface area contributed by atoms with E-state index in [2.05, 4.69) is 27.7 Å². The maximum absolute atomic E-state index is 5.96. The Labute approximate surface area is 126 Å². The molecule has 0 fully saturated rings. The van der Waals surface area contributed by atoms with Gasteiger partial charge >= 0.3 is 0 Å². The Kier molecular flexibility index (Phi) is 3.71. The van der Waals surface area contributed by atoms with Gasteiger partial charge in [-0.25, -0.2) is 9.67 Å². The van der Waals surface area contributed by atoms with Crippen LogP contribution in [0.15, 0.2) is 48.4 Å². The van der Waals surface area contributed by atoms with E-state index in [1.165, 1.54) is 11.9 Å². The van der Waals surface area contributed by atoms with Crippen LogP contribution in [0.2, 0.25) is 4.34 Å². The molecule has 0 aliphatic heterocycles. The second kappa shape index (κ2) is 5.64. The van der Waals surface area contributed by atoms with Crippen LogP contribution in [0, 0.1) is 0 Å². The summed E-state index contributed by atoms with van der Waals surface area (Å²) in [5.74, 6) is 0. The molecule has 3 rings (SSSR count). The van der Waals surface area contributed by atoms with Gasteiger partial charge in [0.05, 0.1) is 10.0 Å². The fourth-order valence-corrected chi connectivity index (χ4v) is 2.92. The van der Waals surface area contributed by atoms with E-state index in [4.69, 9.17) is 11.6 Å². The minimum absolute atomic E-state index is 0.218. The third kappa shape index (κ3) is 2.84. The van der Waals surface area contributed by atoms with E-state index >= 15 is 0 Å². The summed E-state index contributed by atoms with van der Waals surface area (Å²) in [4.78, 5) is 3.94. The van der Waals surface area contributed by atoms with Crippen molar-refractivity contribution in [3.05, 3.63) is 58.3 Å². The lowest BCUT2D eigenvalue weighted by Crippen LogP contribution is -2.05. The molecule has 0 aliphatic rings. The largest absolute Gasteiger partial charge is 0.378 e. The highest BCUT2D eigenvalue weighted by atomic mass is 35.5. The number of thiophene rings is 1. The van der Waals surface area contributed by atoms with Gasteiger partial charge in [0.1, 0.15) is 12.7 Å². The lowest BCUT2D eigenvalue weighted by molar-refractivity contribution is 0.874. The number of hydrogen-bond donors (Lipinski definition) is 1. The Hall–Kier alpha value is -1.85. The van der Waals surface area contributed by atoms with Crippen molar-refractivity contribution in [2.45, 2.75) is 13.0 Å². The molecule has 1 unspecified atom stereocenters. The maximum atomic E-state index is 5.96. The molecular formula is C14H13ClN4S. The topological polar surface area (TPSA) is 42.7 Å². The molecule has 3 aromatic rings. The third-order valence-corrected chi connectivity index (χ3v) is 4.13. The zero-order chi connectivity index (χ0) is 13.9. The molecule has 0 radical (unpaired) electrons.